The summed E-state index contributed by atoms with van der Waals surface area (Å²) >= 11 is 4.97. The fourth-order valence-electron chi connectivity index (χ4n) is 1.87. The van der Waals surface area contributed by atoms with Crippen molar-refractivity contribution in [1.82, 2.24) is 9.55 Å². The zero-order valence-corrected chi connectivity index (χ0v) is 9.62. The predicted octanol–water partition coefficient (Wildman–Crippen LogP) is -1.48. The Morgan fingerprint density at radius 1 is 1.47 bits per heavy atom. The van der Waals surface area contributed by atoms with E-state index in [-0.39, 0.29) is 0 Å². The van der Waals surface area contributed by atoms with E-state index in [2.05, 4.69) is 4.98 Å². The van der Waals surface area contributed by atoms with Gasteiger partial charge in [0.1, 0.15) is 24.4 Å². The quantitative estimate of drug-likeness (QED) is 0.425. The predicted molar refractivity (Wildman–Crippen MR) is 58.6 cm³/mol. The summed E-state index contributed by atoms with van der Waals surface area (Å²) in [7, 11) is 0. The molecule has 1 saturated heterocycles. The number of nitrogens with zero attached hydrogens (tertiary/aromatic N) is 1. The molecule has 0 spiro atoms. The fourth-order valence-corrected chi connectivity index (χ4v) is 2.10. The Labute approximate surface area is 102 Å². The van der Waals surface area contributed by atoms with E-state index in [1.165, 1.54) is 4.57 Å². The van der Waals surface area contributed by atoms with E-state index in [0.717, 1.165) is 0 Å². The third-order valence-corrected chi connectivity index (χ3v) is 3.12. The van der Waals surface area contributed by atoms with Crippen LogP contribution in [0, 0.1) is 4.77 Å². The Morgan fingerprint density at radius 3 is 2.71 bits per heavy atom. The Bertz CT molecular complexity index is 433. The fraction of sp³-hybridized carbons (Fsp3) is 0.667. The minimum absolute atomic E-state index is 0.334. The zero-order chi connectivity index (χ0) is 12.6. The smallest absolute Gasteiger partial charge is 0.179 e. The van der Waals surface area contributed by atoms with Crippen LogP contribution in [0.5, 0.6) is 0 Å². The van der Waals surface area contributed by atoms with Crippen molar-refractivity contribution in [3.8, 4) is 0 Å². The average Bonchev–Trinajstić information content (AvgIpc) is 2.85. The molecule has 0 amide bonds. The molecule has 0 unspecified atom stereocenters. The van der Waals surface area contributed by atoms with Gasteiger partial charge in [0.05, 0.1) is 6.61 Å². The van der Waals surface area contributed by atoms with Gasteiger partial charge in [-0.1, -0.05) is 0 Å². The van der Waals surface area contributed by atoms with Crippen LogP contribution in [0.15, 0.2) is 12.4 Å². The number of H-pyrrole nitrogens is 1. The highest BCUT2D eigenvalue weighted by molar-refractivity contribution is 7.71. The number of hydrogen-bond acceptors (Lipinski definition) is 6. The average molecular weight is 262 g/mol. The zero-order valence-electron chi connectivity index (χ0n) is 8.80. The van der Waals surface area contributed by atoms with Crippen LogP contribution in [0.1, 0.15) is 6.23 Å². The molecular weight excluding hydrogens is 248 g/mol. The topological polar surface area (TPSA) is 111 Å². The molecule has 0 aliphatic carbocycles. The van der Waals surface area contributed by atoms with Gasteiger partial charge in [-0.3, -0.25) is 4.57 Å². The third-order valence-electron chi connectivity index (χ3n) is 2.79. The van der Waals surface area contributed by atoms with Crippen molar-refractivity contribution >= 4 is 12.2 Å². The lowest BCUT2D eigenvalue weighted by molar-refractivity contribution is -0.0974. The minimum Gasteiger partial charge on any atom is -0.394 e. The lowest BCUT2D eigenvalue weighted by Crippen LogP contribution is -2.40. The molecular formula is C9H14N2O5S. The van der Waals surface area contributed by atoms with E-state index in [4.69, 9.17) is 22.1 Å². The second-order valence-corrected chi connectivity index (χ2v) is 4.28. The molecule has 1 aromatic rings. The monoisotopic (exact) mass is 262 g/mol. The first-order valence-electron chi connectivity index (χ1n) is 5.12. The molecule has 8 heteroatoms. The molecule has 2 heterocycles. The summed E-state index contributed by atoms with van der Waals surface area (Å²) in [6, 6.07) is 0. The van der Waals surface area contributed by atoms with Crippen LogP contribution in [0.4, 0.5) is 0 Å². The van der Waals surface area contributed by atoms with Gasteiger partial charge in [-0.15, -0.1) is 0 Å². The number of aliphatic hydroxyl groups excluding tert-OH is 4. The number of ether oxygens (including phenoxy) is 1. The highest BCUT2D eigenvalue weighted by Gasteiger charge is 2.46. The highest BCUT2D eigenvalue weighted by atomic mass is 32.1. The molecule has 2 rings (SSSR count). The van der Waals surface area contributed by atoms with Crippen LogP contribution < -0.4 is 0 Å². The molecule has 0 saturated carbocycles. The van der Waals surface area contributed by atoms with Gasteiger partial charge >= 0.3 is 0 Å². The SMILES string of the molecule is OC[C@@H](O)[C@@H]1O[C@@H](n2cc[nH]c2=S)[C@H](O)[C@H]1O. The molecule has 1 aromatic heterocycles. The molecule has 0 aromatic carbocycles. The van der Waals surface area contributed by atoms with Crippen molar-refractivity contribution in [2.45, 2.75) is 30.6 Å². The summed E-state index contributed by atoms with van der Waals surface area (Å²) in [6.07, 6.45) is -2.54. The summed E-state index contributed by atoms with van der Waals surface area (Å²) in [6.45, 7) is -0.556. The van der Waals surface area contributed by atoms with Gasteiger partial charge in [-0.25, -0.2) is 0 Å². The van der Waals surface area contributed by atoms with Crippen molar-refractivity contribution in [2.75, 3.05) is 6.61 Å². The van der Waals surface area contributed by atoms with E-state index in [1.54, 1.807) is 12.4 Å². The van der Waals surface area contributed by atoms with Crippen LogP contribution >= 0.6 is 12.2 Å². The van der Waals surface area contributed by atoms with E-state index in [9.17, 15) is 15.3 Å². The van der Waals surface area contributed by atoms with Gasteiger partial charge in [-0.05, 0) is 12.2 Å². The number of aromatic amines is 1. The largest absolute Gasteiger partial charge is 0.394 e. The van der Waals surface area contributed by atoms with Crippen LogP contribution in [0.3, 0.4) is 0 Å². The second kappa shape index (κ2) is 4.84. The van der Waals surface area contributed by atoms with Gasteiger partial charge in [0.25, 0.3) is 0 Å². The molecule has 1 aliphatic heterocycles. The molecule has 17 heavy (non-hydrogen) atoms. The highest BCUT2D eigenvalue weighted by Crippen LogP contribution is 2.31. The Morgan fingerprint density at radius 2 is 2.18 bits per heavy atom. The van der Waals surface area contributed by atoms with E-state index in [0.29, 0.717) is 4.77 Å². The lowest BCUT2D eigenvalue weighted by atomic mass is 10.1. The first-order chi connectivity index (χ1) is 8.06. The first kappa shape index (κ1) is 12.7. The van der Waals surface area contributed by atoms with Crippen molar-refractivity contribution in [3.63, 3.8) is 0 Å². The molecule has 5 atom stereocenters. The molecule has 0 radical (unpaired) electrons. The molecule has 7 nitrogen and oxygen atoms in total. The van der Waals surface area contributed by atoms with Gasteiger partial charge < -0.3 is 30.1 Å². The number of aliphatic hydroxyl groups is 4. The standard InChI is InChI=1S/C9H14N2O5S/c12-3-4(13)7-5(14)6(15)8(16-7)11-2-1-10-9(11)17/h1-2,4-8,12-15H,3H2,(H,10,17)/t4-,5-,6-,7+,8-/m1/s1. The number of nitrogens with one attached hydrogen (secondary N) is 1. The molecule has 5 N–H and O–H groups in total. The summed E-state index contributed by atoms with van der Waals surface area (Å²) in [4.78, 5) is 2.73. The lowest BCUT2D eigenvalue weighted by Gasteiger charge is -2.18. The van der Waals surface area contributed by atoms with Crippen LogP contribution in [-0.2, 0) is 4.74 Å². The molecule has 1 aliphatic rings. The van der Waals surface area contributed by atoms with Gasteiger partial charge in [0, 0.05) is 12.4 Å². The second-order valence-electron chi connectivity index (χ2n) is 3.89. The van der Waals surface area contributed by atoms with E-state index in [1.807, 2.05) is 0 Å². The van der Waals surface area contributed by atoms with Crippen molar-refractivity contribution in [3.05, 3.63) is 17.2 Å². The summed E-state index contributed by atoms with van der Waals surface area (Å²) in [5.74, 6) is 0. The maximum atomic E-state index is 9.82. The third kappa shape index (κ3) is 2.15. The van der Waals surface area contributed by atoms with Gasteiger partial charge in [0.2, 0.25) is 0 Å². The van der Waals surface area contributed by atoms with E-state index < -0.39 is 37.3 Å². The first-order valence-corrected chi connectivity index (χ1v) is 5.53. The Balaban J connectivity index is 2.23. The number of aromatic nitrogens is 2. The Hall–Kier alpha value is -0.770. The van der Waals surface area contributed by atoms with Crippen LogP contribution in [-0.4, -0.2) is 61.0 Å². The van der Waals surface area contributed by atoms with Crippen molar-refractivity contribution in [1.29, 1.82) is 0 Å². The van der Waals surface area contributed by atoms with Gasteiger partial charge in [0.15, 0.2) is 11.0 Å². The number of imidazole rings is 1. The van der Waals surface area contributed by atoms with Crippen LogP contribution in [0.2, 0.25) is 0 Å². The maximum absolute atomic E-state index is 9.82. The Kier molecular flexibility index (Phi) is 3.61. The molecule has 1 fully saturated rings. The van der Waals surface area contributed by atoms with Gasteiger partial charge in [-0.2, -0.15) is 0 Å². The van der Waals surface area contributed by atoms with Crippen LogP contribution in [0.25, 0.3) is 0 Å². The number of rotatable bonds is 3. The van der Waals surface area contributed by atoms with Crippen molar-refractivity contribution < 1.29 is 25.2 Å². The summed E-state index contributed by atoms with van der Waals surface area (Å²) in [5.41, 5.74) is 0. The number of hydrogen-bond donors (Lipinski definition) is 5. The molecule has 96 valence electrons. The normalized spacial score (nSPS) is 35.1. The van der Waals surface area contributed by atoms with Crippen molar-refractivity contribution in [2.24, 2.45) is 0 Å². The minimum atomic E-state index is -1.28. The maximum Gasteiger partial charge on any atom is 0.179 e. The molecule has 0 bridgehead atoms. The summed E-state index contributed by atoms with van der Waals surface area (Å²) in [5, 5.41) is 37.8. The summed E-state index contributed by atoms with van der Waals surface area (Å²) < 4.78 is 7.10. The van der Waals surface area contributed by atoms with E-state index >= 15 is 0 Å².